The fourth-order valence-electron chi connectivity index (χ4n) is 1.72. The molecule has 5 heteroatoms. The number of rotatable bonds is 3. The number of hydrogen-bond acceptors (Lipinski definition) is 2. The maximum Gasteiger partial charge on any atom is 0.323 e. The van der Waals surface area contributed by atoms with E-state index in [1.54, 1.807) is 55.5 Å². The van der Waals surface area contributed by atoms with Crippen LogP contribution < -0.4 is 10.6 Å². The molecule has 0 aliphatic heterocycles. The molecule has 0 saturated heterocycles. The minimum atomic E-state index is -0.580. The van der Waals surface area contributed by atoms with Crippen LogP contribution in [-0.4, -0.2) is 11.1 Å². The van der Waals surface area contributed by atoms with E-state index in [0.29, 0.717) is 16.4 Å². The summed E-state index contributed by atoms with van der Waals surface area (Å²) in [7, 11) is 0. The highest BCUT2D eigenvalue weighted by atomic mass is 35.5. The van der Waals surface area contributed by atoms with Crippen LogP contribution in [0.1, 0.15) is 18.6 Å². The molecule has 0 radical (unpaired) electrons. The molecule has 0 fully saturated rings. The van der Waals surface area contributed by atoms with Crippen LogP contribution in [0.25, 0.3) is 0 Å². The Bertz CT molecular complexity index is 614. The van der Waals surface area contributed by atoms with Gasteiger partial charge >= 0.3 is 6.03 Å². The minimum absolute atomic E-state index is 0.388. The number of urea groups is 1. The van der Waals surface area contributed by atoms with E-state index in [9.17, 15) is 9.90 Å². The van der Waals surface area contributed by atoms with Gasteiger partial charge < -0.3 is 15.7 Å². The number of halogens is 1. The zero-order valence-corrected chi connectivity index (χ0v) is 11.7. The predicted molar refractivity (Wildman–Crippen MR) is 81.2 cm³/mol. The number of aliphatic hydroxyl groups is 1. The first-order chi connectivity index (χ1) is 9.56. The highest BCUT2D eigenvalue weighted by molar-refractivity contribution is 6.33. The van der Waals surface area contributed by atoms with Gasteiger partial charge in [-0.05, 0) is 36.8 Å². The molecular weight excluding hydrogens is 276 g/mol. The number of carbonyl (C=O) groups is 1. The van der Waals surface area contributed by atoms with Crippen molar-refractivity contribution in [3.63, 3.8) is 0 Å². The van der Waals surface area contributed by atoms with E-state index < -0.39 is 6.10 Å². The molecule has 0 heterocycles. The Labute approximate surface area is 122 Å². The number of para-hydroxylation sites is 1. The Morgan fingerprint density at radius 2 is 1.90 bits per heavy atom. The normalized spacial score (nSPS) is 11.8. The molecule has 0 aromatic heterocycles. The topological polar surface area (TPSA) is 61.4 Å². The molecule has 0 spiro atoms. The average Bonchev–Trinajstić information content (AvgIpc) is 2.41. The quantitative estimate of drug-likeness (QED) is 0.799. The second-order valence-electron chi connectivity index (χ2n) is 4.36. The molecule has 0 saturated carbocycles. The second-order valence-corrected chi connectivity index (χ2v) is 4.77. The lowest BCUT2D eigenvalue weighted by Gasteiger charge is -2.11. The summed E-state index contributed by atoms with van der Waals surface area (Å²) in [5.41, 5.74) is 1.88. The Balaban J connectivity index is 2.05. The lowest BCUT2D eigenvalue weighted by atomic mass is 10.1. The van der Waals surface area contributed by atoms with Crippen LogP contribution in [-0.2, 0) is 0 Å². The number of benzene rings is 2. The van der Waals surface area contributed by atoms with Crippen LogP contribution in [0.4, 0.5) is 16.2 Å². The van der Waals surface area contributed by atoms with Gasteiger partial charge in [-0.1, -0.05) is 35.9 Å². The van der Waals surface area contributed by atoms with E-state index in [1.165, 1.54) is 0 Å². The van der Waals surface area contributed by atoms with Crippen molar-refractivity contribution in [2.75, 3.05) is 10.6 Å². The van der Waals surface area contributed by atoms with E-state index in [4.69, 9.17) is 11.6 Å². The lowest BCUT2D eigenvalue weighted by molar-refractivity contribution is 0.199. The van der Waals surface area contributed by atoms with Crippen molar-refractivity contribution in [1.82, 2.24) is 0 Å². The third-order valence-corrected chi connectivity index (χ3v) is 3.08. The summed E-state index contributed by atoms with van der Waals surface area (Å²) in [5.74, 6) is 0. The molecule has 3 N–H and O–H groups in total. The molecule has 2 rings (SSSR count). The molecule has 1 atom stereocenters. The van der Waals surface area contributed by atoms with Gasteiger partial charge in [0.05, 0.1) is 16.8 Å². The Morgan fingerprint density at radius 1 is 1.15 bits per heavy atom. The van der Waals surface area contributed by atoms with Gasteiger partial charge in [0.2, 0.25) is 0 Å². The van der Waals surface area contributed by atoms with Crippen LogP contribution in [0.2, 0.25) is 5.02 Å². The zero-order valence-electron chi connectivity index (χ0n) is 10.9. The summed E-state index contributed by atoms with van der Waals surface area (Å²) >= 11 is 5.96. The zero-order chi connectivity index (χ0) is 14.5. The first kappa shape index (κ1) is 14.4. The highest BCUT2D eigenvalue weighted by Crippen LogP contribution is 2.21. The lowest BCUT2D eigenvalue weighted by Crippen LogP contribution is -2.19. The Kier molecular flexibility index (Phi) is 4.61. The molecular formula is C15H15ClN2O2. The van der Waals surface area contributed by atoms with Crippen molar-refractivity contribution in [1.29, 1.82) is 0 Å². The van der Waals surface area contributed by atoms with Crippen molar-refractivity contribution < 1.29 is 9.90 Å². The summed E-state index contributed by atoms with van der Waals surface area (Å²) in [6.45, 7) is 1.67. The summed E-state index contributed by atoms with van der Waals surface area (Å²) in [6, 6.07) is 13.6. The summed E-state index contributed by atoms with van der Waals surface area (Å²) in [6.07, 6.45) is -0.580. The molecule has 4 nitrogen and oxygen atoms in total. The molecule has 2 aromatic rings. The molecule has 104 valence electrons. The fourth-order valence-corrected chi connectivity index (χ4v) is 1.91. The van der Waals surface area contributed by atoms with Crippen molar-refractivity contribution in [3.8, 4) is 0 Å². The van der Waals surface area contributed by atoms with Crippen LogP contribution >= 0.6 is 11.6 Å². The smallest absolute Gasteiger partial charge is 0.323 e. The second kappa shape index (κ2) is 6.41. The molecule has 20 heavy (non-hydrogen) atoms. The van der Waals surface area contributed by atoms with Gasteiger partial charge in [-0.3, -0.25) is 0 Å². The number of nitrogens with one attached hydrogen (secondary N) is 2. The van der Waals surface area contributed by atoms with Gasteiger partial charge in [0, 0.05) is 5.69 Å². The van der Waals surface area contributed by atoms with E-state index >= 15 is 0 Å². The summed E-state index contributed by atoms with van der Waals surface area (Å²) in [5, 5.41) is 15.3. The van der Waals surface area contributed by atoms with Crippen molar-refractivity contribution in [2.24, 2.45) is 0 Å². The van der Waals surface area contributed by atoms with Gasteiger partial charge in [-0.15, -0.1) is 0 Å². The Morgan fingerprint density at radius 3 is 2.60 bits per heavy atom. The van der Waals surface area contributed by atoms with Gasteiger partial charge in [-0.2, -0.15) is 0 Å². The number of carbonyl (C=O) groups excluding carboxylic acids is 1. The maximum absolute atomic E-state index is 11.9. The fraction of sp³-hybridized carbons (Fsp3) is 0.133. The van der Waals surface area contributed by atoms with Crippen LogP contribution in [0.5, 0.6) is 0 Å². The molecule has 2 amide bonds. The standard InChI is InChI=1S/C15H15ClN2O2/c1-10(19)11-5-4-6-12(9-11)17-15(20)18-14-8-3-2-7-13(14)16/h2-10,19H,1H3,(H2,17,18,20). The predicted octanol–water partition coefficient (Wildman–Crippen LogP) is 4.04. The maximum atomic E-state index is 11.9. The molecule has 0 aliphatic carbocycles. The first-order valence-electron chi connectivity index (χ1n) is 6.17. The minimum Gasteiger partial charge on any atom is -0.389 e. The van der Waals surface area contributed by atoms with Gasteiger partial charge in [0.15, 0.2) is 0 Å². The third-order valence-electron chi connectivity index (χ3n) is 2.75. The first-order valence-corrected chi connectivity index (χ1v) is 6.54. The van der Waals surface area contributed by atoms with E-state index in [0.717, 1.165) is 5.56 Å². The van der Waals surface area contributed by atoms with Crippen molar-refractivity contribution >= 4 is 29.0 Å². The molecule has 1 unspecified atom stereocenters. The van der Waals surface area contributed by atoms with Crippen molar-refractivity contribution in [3.05, 3.63) is 59.1 Å². The van der Waals surface area contributed by atoms with Crippen LogP contribution in [0, 0.1) is 0 Å². The monoisotopic (exact) mass is 290 g/mol. The van der Waals surface area contributed by atoms with E-state index in [1.807, 2.05) is 0 Å². The largest absolute Gasteiger partial charge is 0.389 e. The Hall–Kier alpha value is -2.04. The van der Waals surface area contributed by atoms with Crippen molar-refractivity contribution in [2.45, 2.75) is 13.0 Å². The number of aliphatic hydroxyl groups excluding tert-OH is 1. The van der Waals surface area contributed by atoms with Gasteiger partial charge in [-0.25, -0.2) is 4.79 Å². The van der Waals surface area contributed by atoms with Crippen LogP contribution in [0.15, 0.2) is 48.5 Å². The SMILES string of the molecule is CC(O)c1cccc(NC(=O)Nc2ccccc2Cl)c1. The highest BCUT2D eigenvalue weighted by Gasteiger charge is 2.07. The average molecular weight is 291 g/mol. The molecule has 0 aliphatic rings. The summed E-state index contributed by atoms with van der Waals surface area (Å²) < 4.78 is 0. The van der Waals surface area contributed by atoms with Gasteiger partial charge in [0.1, 0.15) is 0 Å². The molecule has 2 aromatic carbocycles. The number of anilines is 2. The summed E-state index contributed by atoms with van der Waals surface area (Å²) in [4.78, 5) is 11.9. The van der Waals surface area contributed by atoms with E-state index in [2.05, 4.69) is 10.6 Å². The van der Waals surface area contributed by atoms with Crippen LogP contribution in [0.3, 0.4) is 0 Å². The number of hydrogen-bond donors (Lipinski definition) is 3. The molecule has 0 bridgehead atoms. The number of amides is 2. The van der Waals surface area contributed by atoms with Gasteiger partial charge in [0.25, 0.3) is 0 Å². The third kappa shape index (κ3) is 3.73. The van der Waals surface area contributed by atoms with E-state index in [-0.39, 0.29) is 6.03 Å².